The third-order valence-electron chi connectivity index (χ3n) is 3.39. The minimum atomic E-state index is 0.327. The fraction of sp³-hybridized carbons (Fsp3) is 0.294. The molecule has 2 aromatic rings. The van der Waals surface area contributed by atoms with Gasteiger partial charge in [0.15, 0.2) is 0 Å². The topological polar surface area (TPSA) is 12.0 Å². The van der Waals surface area contributed by atoms with Crippen molar-refractivity contribution in [2.75, 3.05) is 0 Å². The maximum atomic E-state index is 3.65. The number of nitrogens with one attached hydrogen (secondary N) is 1. The number of aryl methyl sites for hydroxylation is 1. The number of rotatable bonds is 4. The summed E-state index contributed by atoms with van der Waals surface area (Å²) >= 11 is 3.52. The second kappa shape index (κ2) is 6.36. The smallest absolute Gasteiger partial charge is 0.0297 e. The van der Waals surface area contributed by atoms with Gasteiger partial charge in [0.2, 0.25) is 0 Å². The van der Waals surface area contributed by atoms with Crippen molar-refractivity contribution in [3.8, 4) is 0 Å². The van der Waals surface area contributed by atoms with Gasteiger partial charge in [0.05, 0.1) is 0 Å². The highest BCUT2D eigenvalue weighted by Gasteiger charge is 2.11. The van der Waals surface area contributed by atoms with Gasteiger partial charge in [-0.25, -0.2) is 0 Å². The van der Waals surface area contributed by atoms with E-state index in [9.17, 15) is 0 Å². The highest BCUT2D eigenvalue weighted by Crippen LogP contribution is 2.22. The molecule has 1 unspecified atom stereocenters. The molecular formula is C17H20BrN. The fourth-order valence-electron chi connectivity index (χ4n) is 2.28. The largest absolute Gasteiger partial charge is 0.304 e. The molecule has 0 aliphatic rings. The molecule has 0 bridgehead atoms. The van der Waals surface area contributed by atoms with Crippen molar-refractivity contribution < 1.29 is 0 Å². The van der Waals surface area contributed by atoms with Crippen molar-refractivity contribution in [3.63, 3.8) is 0 Å². The van der Waals surface area contributed by atoms with Gasteiger partial charge in [-0.3, -0.25) is 0 Å². The Hall–Kier alpha value is -1.12. The Morgan fingerprint density at radius 1 is 0.895 bits per heavy atom. The van der Waals surface area contributed by atoms with E-state index < -0.39 is 0 Å². The van der Waals surface area contributed by atoms with E-state index in [0.717, 1.165) is 4.47 Å². The zero-order valence-electron chi connectivity index (χ0n) is 11.7. The van der Waals surface area contributed by atoms with E-state index in [4.69, 9.17) is 0 Å². The summed E-state index contributed by atoms with van der Waals surface area (Å²) < 4.78 is 1.13. The summed E-state index contributed by atoms with van der Waals surface area (Å²) in [7, 11) is 0. The van der Waals surface area contributed by atoms with Crippen LogP contribution < -0.4 is 5.32 Å². The van der Waals surface area contributed by atoms with E-state index >= 15 is 0 Å². The Morgan fingerprint density at radius 2 is 1.47 bits per heavy atom. The first-order valence-electron chi connectivity index (χ1n) is 6.64. The summed E-state index contributed by atoms with van der Waals surface area (Å²) in [6.45, 7) is 6.55. The summed E-state index contributed by atoms with van der Waals surface area (Å²) in [6, 6.07) is 17.8. The molecule has 0 fully saturated rings. The minimum Gasteiger partial charge on any atom is -0.304 e. The van der Waals surface area contributed by atoms with Gasteiger partial charge in [-0.1, -0.05) is 57.9 Å². The monoisotopic (exact) mass is 317 g/mol. The van der Waals surface area contributed by atoms with Gasteiger partial charge >= 0.3 is 0 Å². The van der Waals surface area contributed by atoms with Crippen LogP contribution in [0.3, 0.4) is 0 Å². The quantitative estimate of drug-likeness (QED) is 0.820. The SMILES string of the molecule is Cc1cccc([C@@H](C)NC(C)c2cccc(Br)c2)c1. The Balaban J connectivity index is 2.08. The summed E-state index contributed by atoms with van der Waals surface area (Å²) in [5.74, 6) is 0. The Kier molecular flexibility index (Phi) is 4.78. The molecule has 19 heavy (non-hydrogen) atoms. The van der Waals surface area contributed by atoms with Crippen LogP contribution in [0.5, 0.6) is 0 Å². The van der Waals surface area contributed by atoms with Crippen LogP contribution >= 0.6 is 15.9 Å². The Bertz CT molecular complexity index is 501. The molecule has 1 N–H and O–H groups in total. The molecule has 0 aromatic heterocycles. The van der Waals surface area contributed by atoms with Crippen molar-refractivity contribution in [2.45, 2.75) is 32.9 Å². The Labute approximate surface area is 124 Å². The van der Waals surface area contributed by atoms with Crippen molar-refractivity contribution >= 4 is 15.9 Å². The van der Waals surface area contributed by atoms with Gasteiger partial charge in [-0.2, -0.15) is 0 Å². The van der Waals surface area contributed by atoms with Crippen LogP contribution in [0.1, 0.15) is 42.6 Å². The van der Waals surface area contributed by atoms with Crippen molar-refractivity contribution in [1.29, 1.82) is 0 Å². The van der Waals surface area contributed by atoms with E-state index in [0.29, 0.717) is 12.1 Å². The van der Waals surface area contributed by atoms with Gasteiger partial charge in [0, 0.05) is 16.6 Å². The average Bonchev–Trinajstić information content (AvgIpc) is 2.38. The maximum absolute atomic E-state index is 3.65. The lowest BCUT2D eigenvalue weighted by atomic mass is 10.0. The van der Waals surface area contributed by atoms with Crippen molar-refractivity contribution in [3.05, 3.63) is 69.7 Å². The normalized spacial score (nSPS) is 14.1. The molecule has 2 rings (SSSR count). The number of benzene rings is 2. The fourth-order valence-corrected chi connectivity index (χ4v) is 2.70. The Morgan fingerprint density at radius 3 is 2.05 bits per heavy atom. The highest BCUT2D eigenvalue weighted by atomic mass is 79.9. The van der Waals surface area contributed by atoms with Crippen LogP contribution in [0.2, 0.25) is 0 Å². The van der Waals surface area contributed by atoms with Crippen molar-refractivity contribution in [1.82, 2.24) is 5.32 Å². The first kappa shape index (κ1) is 14.3. The first-order chi connectivity index (χ1) is 9.06. The maximum Gasteiger partial charge on any atom is 0.0297 e. The van der Waals surface area contributed by atoms with Crippen molar-refractivity contribution in [2.24, 2.45) is 0 Å². The van der Waals surface area contributed by atoms with Gasteiger partial charge in [-0.15, -0.1) is 0 Å². The molecule has 2 heteroatoms. The molecule has 0 heterocycles. The molecule has 0 radical (unpaired) electrons. The lowest BCUT2D eigenvalue weighted by Crippen LogP contribution is -2.22. The second-order valence-corrected chi connectivity index (χ2v) is 5.99. The van der Waals surface area contributed by atoms with E-state index in [-0.39, 0.29) is 0 Å². The molecule has 0 saturated carbocycles. The third kappa shape index (κ3) is 3.92. The van der Waals surface area contributed by atoms with E-state index in [1.165, 1.54) is 16.7 Å². The first-order valence-corrected chi connectivity index (χ1v) is 7.43. The summed E-state index contributed by atoms with van der Waals surface area (Å²) in [5.41, 5.74) is 3.94. The summed E-state index contributed by atoms with van der Waals surface area (Å²) in [4.78, 5) is 0. The van der Waals surface area contributed by atoms with Crippen LogP contribution in [0.25, 0.3) is 0 Å². The third-order valence-corrected chi connectivity index (χ3v) is 3.88. The number of hydrogen-bond acceptors (Lipinski definition) is 1. The zero-order valence-corrected chi connectivity index (χ0v) is 13.2. The molecular weight excluding hydrogens is 298 g/mol. The molecule has 0 saturated heterocycles. The predicted molar refractivity (Wildman–Crippen MR) is 85.3 cm³/mol. The van der Waals surface area contributed by atoms with E-state index in [1.807, 2.05) is 0 Å². The molecule has 2 atom stereocenters. The molecule has 100 valence electrons. The predicted octanol–water partition coefficient (Wildman–Crippen LogP) is 5.17. The van der Waals surface area contributed by atoms with E-state index in [1.54, 1.807) is 0 Å². The minimum absolute atomic E-state index is 0.327. The summed E-state index contributed by atoms with van der Waals surface area (Å²) in [5, 5.41) is 3.65. The lowest BCUT2D eigenvalue weighted by Gasteiger charge is -2.21. The molecule has 2 aromatic carbocycles. The van der Waals surface area contributed by atoms with Crippen LogP contribution in [-0.4, -0.2) is 0 Å². The number of halogens is 1. The highest BCUT2D eigenvalue weighted by molar-refractivity contribution is 9.10. The number of hydrogen-bond donors (Lipinski definition) is 1. The van der Waals surface area contributed by atoms with E-state index in [2.05, 4.69) is 90.5 Å². The van der Waals surface area contributed by atoms with Gasteiger partial charge in [0.25, 0.3) is 0 Å². The molecule has 0 aliphatic heterocycles. The van der Waals surface area contributed by atoms with Gasteiger partial charge < -0.3 is 5.32 Å². The molecule has 0 aliphatic carbocycles. The molecule has 0 spiro atoms. The summed E-state index contributed by atoms with van der Waals surface area (Å²) in [6.07, 6.45) is 0. The van der Waals surface area contributed by atoms with Crippen LogP contribution in [0.4, 0.5) is 0 Å². The second-order valence-electron chi connectivity index (χ2n) is 5.08. The van der Waals surface area contributed by atoms with Gasteiger partial charge in [-0.05, 0) is 44.0 Å². The van der Waals surface area contributed by atoms with Crippen LogP contribution in [-0.2, 0) is 0 Å². The van der Waals surface area contributed by atoms with Crippen LogP contribution in [0.15, 0.2) is 53.0 Å². The van der Waals surface area contributed by atoms with Crippen LogP contribution in [0, 0.1) is 6.92 Å². The van der Waals surface area contributed by atoms with Gasteiger partial charge in [0.1, 0.15) is 0 Å². The standard InChI is InChI=1S/C17H20BrN/c1-12-6-4-7-15(10-12)13(2)19-14(3)16-8-5-9-17(18)11-16/h4-11,13-14,19H,1-3H3/t13-,14?/m1/s1. The average molecular weight is 318 g/mol. The molecule has 0 amide bonds. The zero-order chi connectivity index (χ0) is 13.8. The molecule has 1 nitrogen and oxygen atoms in total. The lowest BCUT2D eigenvalue weighted by molar-refractivity contribution is 0.494.